The summed E-state index contributed by atoms with van der Waals surface area (Å²) in [5.41, 5.74) is 0.962. The predicted molar refractivity (Wildman–Crippen MR) is 127 cm³/mol. The molecule has 11 heteroatoms. The quantitative estimate of drug-likeness (QED) is 0.241. The molecule has 0 bridgehead atoms. The maximum Gasteiger partial charge on any atom is 0.300 e. The van der Waals surface area contributed by atoms with Crippen molar-refractivity contribution in [1.29, 1.82) is 5.26 Å². The Morgan fingerprint density at radius 1 is 1.22 bits per heavy atom. The van der Waals surface area contributed by atoms with Crippen molar-refractivity contribution >= 4 is 53.9 Å². The third kappa shape index (κ3) is 4.35. The number of fused-ring (bicyclic) bond motifs is 1. The van der Waals surface area contributed by atoms with Gasteiger partial charge >= 0.3 is 0 Å². The first-order valence-electron chi connectivity index (χ1n) is 10.2. The van der Waals surface area contributed by atoms with Gasteiger partial charge in [0.1, 0.15) is 5.69 Å². The summed E-state index contributed by atoms with van der Waals surface area (Å²) in [5, 5.41) is 23.0. The second-order valence-electron chi connectivity index (χ2n) is 7.74. The molecule has 0 amide bonds. The molecule has 0 spiro atoms. The van der Waals surface area contributed by atoms with Gasteiger partial charge in [0.2, 0.25) is 0 Å². The summed E-state index contributed by atoms with van der Waals surface area (Å²) >= 11 is -1.90. The number of hydrogen-bond acceptors (Lipinski definition) is 7. The average molecular weight is 567 g/mol. The molecule has 0 saturated heterocycles. The van der Waals surface area contributed by atoms with Crippen molar-refractivity contribution in [2.45, 2.75) is 43.0 Å². The predicted octanol–water partition coefficient (Wildman–Crippen LogP) is 4.58. The van der Waals surface area contributed by atoms with Gasteiger partial charge in [0.05, 0.1) is 22.8 Å². The van der Waals surface area contributed by atoms with Gasteiger partial charge in [-0.1, -0.05) is 18.2 Å². The van der Waals surface area contributed by atoms with Crippen LogP contribution in [0.2, 0.25) is 0 Å². The van der Waals surface area contributed by atoms with Crippen LogP contribution in [0.5, 0.6) is 0 Å². The lowest BCUT2D eigenvalue weighted by atomic mass is 9.84. The van der Waals surface area contributed by atoms with Gasteiger partial charge in [-0.15, -0.1) is 0 Å². The largest absolute Gasteiger partial charge is 0.380 e. The highest BCUT2D eigenvalue weighted by Crippen LogP contribution is 2.38. The molecule has 9 nitrogen and oxygen atoms in total. The number of nitriles is 1. The highest BCUT2D eigenvalue weighted by Gasteiger charge is 2.26. The van der Waals surface area contributed by atoms with Gasteiger partial charge in [-0.05, 0) is 49.8 Å². The van der Waals surface area contributed by atoms with Gasteiger partial charge in [0.15, 0.2) is 5.65 Å². The van der Waals surface area contributed by atoms with Crippen LogP contribution in [0.15, 0.2) is 53.7 Å². The van der Waals surface area contributed by atoms with Crippen molar-refractivity contribution in [2.24, 2.45) is 5.92 Å². The standard InChI is InChI=1S/C21H22IN5O4S/c23-12-10-15-6-8-16(9-7-15)25-20-18-11-13-26(21(18)24-14-19(20)27(29)22-28)32(30,31)17-4-2-1-3-5-17/h1-5,11,13-16,29H,6-10H2,(H,24,25). The molecule has 1 aliphatic rings. The molecule has 1 aromatic carbocycles. The Morgan fingerprint density at radius 3 is 2.59 bits per heavy atom. The Balaban J connectivity index is 1.74. The van der Waals surface area contributed by atoms with E-state index in [1.807, 2.05) is 0 Å². The summed E-state index contributed by atoms with van der Waals surface area (Å²) in [5.74, 6) is 0.383. The van der Waals surface area contributed by atoms with Crippen LogP contribution in [0.4, 0.5) is 11.4 Å². The molecule has 4 rings (SSSR count). The number of hydrogen-bond donors (Lipinski definition) is 2. The van der Waals surface area contributed by atoms with Crippen molar-refractivity contribution in [3.63, 3.8) is 0 Å². The Morgan fingerprint density at radius 2 is 1.94 bits per heavy atom. The summed E-state index contributed by atoms with van der Waals surface area (Å²) in [6, 6.07) is 12.0. The Kier molecular flexibility index (Phi) is 6.73. The van der Waals surface area contributed by atoms with Gasteiger partial charge < -0.3 is 5.32 Å². The smallest absolute Gasteiger partial charge is 0.300 e. The molecule has 1 aliphatic carbocycles. The molecular weight excluding hydrogens is 545 g/mol. The fraction of sp³-hybridized carbons (Fsp3) is 0.333. The topological polar surface area (TPSA) is 128 Å². The molecule has 2 heterocycles. The van der Waals surface area contributed by atoms with E-state index in [4.69, 9.17) is 5.26 Å². The van der Waals surface area contributed by atoms with Crippen LogP contribution in [-0.2, 0) is 13.1 Å². The van der Waals surface area contributed by atoms with E-state index in [9.17, 15) is 16.7 Å². The molecule has 32 heavy (non-hydrogen) atoms. The Bertz CT molecular complexity index is 1260. The number of pyridine rings is 1. The lowest BCUT2D eigenvalue weighted by Gasteiger charge is -2.29. The van der Waals surface area contributed by atoms with Gasteiger partial charge in [0.25, 0.3) is 31.5 Å². The Labute approximate surface area is 196 Å². The molecule has 0 atom stereocenters. The molecule has 1 saturated carbocycles. The lowest BCUT2D eigenvalue weighted by molar-refractivity contribution is 0.339. The van der Waals surface area contributed by atoms with E-state index in [1.165, 1.54) is 24.5 Å². The van der Waals surface area contributed by atoms with Crippen LogP contribution in [0.1, 0.15) is 32.1 Å². The fourth-order valence-electron chi connectivity index (χ4n) is 4.13. The molecule has 0 radical (unpaired) electrons. The van der Waals surface area contributed by atoms with Crippen LogP contribution in [-0.4, -0.2) is 28.6 Å². The van der Waals surface area contributed by atoms with Crippen LogP contribution in [0.25, 0.3) is 11.0 Å². The first-order chi connectivity index (χ1) is 15.5. The average Bonchev–Trinajstić information content (AvgIpc) is 3.26. The first-order valence-corrected chi connectivity index (χ1v) is 13.4. The number of rotatable bonds is 7. The van der Waals surface area contributed by atoms with Crippen LogP contribution >= 0.6 is 21.5 Å². The van der Waals surface area contributed by atoms with E-state index in [-0.39, 0.29) is 22.3 Å². The zero-order valence-electron chi connectivity index (χ0n) is 17.1. The van der Waals surface area contributed by atoms with Crippen molar-refractivity contribution in [3.8, 4) is 6.07 Å². The van der Waals surface area contributed by atoms with Crippen LogP contribution in [0, 0.1) is 17.2 Å². The number of anilines is 2. The minimum atomic E-state index is -3.86. The normalized spacial score (nSPS) is 18.9. The summed E-state index contributed by atoms with van der Waals surface area (Å²) in [6.45, 7) is 0. The zero-order valence-corrected chi connectivity index (χ0v) is 20.0. The molecule has 0 unspecified atom stereocenters. The van der Waals surface area contributed by atoms with Gasteiger partial charge in [-0.2, -0.15) is 8.54 Å². The lowest BCUT2D eigenvalue weighted by Crippen LogP contribution is -2.27. The van der Waals surface area contributed by atoms with E-state index in [0.717, 1.165) is 29.7 Å². The molecule has 168 valence electrons. The summed E-state index contributed by atoms with van der Waals surface area (Å²) in [6.07, 6.45) is 6.83. The summed E-state index contributed by atoms with van der Waals surface area (Å²) in [7, 11) is -3.86. The van der Waals surface area contributed by atoms with Gasteiger partial charge in [0, 0.05) is 24.0 Å². The first kappa shape index (κ1) is 22.6. The molecule has 2 N–H and O–H groups in total. The second-order valence-corrected chi connectivity index (χ2v) is 10.9. The number of halogens is 1. The van der Waals surface area contributed by atoms with E-state index in [0.29, 0.717) is 26.7 Å². The minimum absolute atomic E-state index is 0.0848. The summed E-state index contributed by atoms with van der Waals surface area (Å²) < 4.78 is 39.6. The van der Waals surface area contributed by atoms with E-state index in [1.54, 1.807) is 24.3 Å². The fourth-order valence-corrected chi connectivity index (χ4v) is 6.03. The third-order valence-corrected chi connectivity index (χ3v) is 8.37. The maximum absolute atomic E-state index is 13.2. The molecule has 3 aromatic rings. The minimum Gasteiger partial charge on any atom is -0.380 e. The van der Waals surface area contributed by atoms with Crippen molar-refractivity contribution in [1.82, 2.24) is 8.96 Å². The van der Waals surface area contributed by atoms with E-state index in [2.05, 4.69) is 16.4 Å². The Hall–Kier alpha value is -2.56. The van der Waals surface area contributed by atoms with Gasteiger partial charge in [-0.25, -0.2) is 20.4 Å². The molecule has 2 aromatic heterocycles. The van der Waals surface area contributed by atoms with Crippen molar-refractivity contribution < 1.29 is 16.7 Å². The zero-order chi connectivity index (χ0) is 22.7. The molecule has 0 aliphatic heterocycles. The number of aromatic nitrogens is 2. The van der Waals surface area contributed by atoms with Gasteiger partial charge in [-0.3, -0.25) is 5.21 Å². The van der Waals surface area contributed by atoms with Crippen LogP contribution in [0.3, 0.4) is 0 Å². The van der Waals surface area contributed by atoms with E-state index < -0.39 is 31.5 Å². The van der Waals surface area contributed by atoms with Crippen LogP contribution < -0.4 is 8.59 Å². The maximum atomic E-state index is 13.2. The third-order valence-electron chi connectivity index (χ3n) is 5.80. The number of benzene rings is 1. The van der Waals surface area contributed by atoms with Crippen molar-refractivity contribution in [2.75, 3.05) is 8.59 Å². The SMILES string of the molecule is N#CCC1CCC(Nc2c(N(O)I=O)cnc3c2ccn3S(=O)(=O)c2ccccc2)CC1. The highest BCUT2D eigenvalue weighted by molar-refractivity contribution is 14.1. The summed E-state index contributed by atoms with van der Waals surface area (Å²) in [4.78, 5) is 4.42. The van der Waals surface area contributed by atoms with Crippen molar-refractivity contribution in [3.05, 3.63) is 48.8 Å². The molecular formula is C21H22IN5O4S. The monoisotopic (exact) mass is 567 g/mol. The number of nitrogens with one attached hydrogen (secondary N) is 1. The number of nitrogens with zero attached hydrogens (tertiary/aromatic N) is 4. The molecule has 1 fully saturated rings. The van der Waals surface area contributed by atoms with E-state index >= 15 is 0 Å². The second kappa shape index (κ2) is 9.51. The highest BCUT2D eigenvalue weighted by atomic mass is 127.